The molecule has 0 spiro atoms. The summed E-state index contributed by atoms with van der Waals surface area (Å²) in [4.78, 5) is 20.7. The minimum Gasteiger partial charge on any atom is -0.465 e. The first kappa shape index (κ1) is 12.7. The summed E-state index contributed by atoms with van der Waals surface area (Å²) in [6.45, 7) is 0. The van der Waals surface area contributed by atoms with E-state index in [4.69, 9.17) is 5.73 Å². The Morgan fingerprint density at radius 3 is 2.64 bits per heavy atom. The van der Waals surface area contributed by atoms with Crippen molar-refractivity contribution in [1.82, 2.24) is 0 Å². The average molecular weight is 239 g/mol. The van der Waals surface area contributed by atoms with Crippen LogP contribution in [0.4, 0.5) is 10.7 Å². The van der Waals surface area contributed by atoms with E-state index in [9.17, 15) is 14.9 Å². The van der Waals surface area contributed by atoms with E-state index in [1.54, 1.807) is 0 Å². The van der Waals surface area contributed by atoms with Gasteiger partial charge in [0.15, 0.2) is 0 Å². The van der Waals surface area contributed by atoms with Gasteiger partial charge < -0.3 is 10.5 Å². The summed E-state index contributed by atoms with van der Waals surface area (Å²) in [6, 6.07) is 1.14. The summed E-state index contributed by atoms with van der Waals surface area (Å²) >= 11 is 0.702. The molecular weight excluding hydrogens is 232 g/mol. The van der Waals surface area contributed by atoms with Gasteiger partial charge >= 0.3 is 11.0 Å². The monoisotopic (exact) mass is 238 g/mol. The summed E-state index contributed by atoms with van der Waals surface area (Å²) < 4.78 is 4.38. The Balaban J connectivity index is 0.00000169. The third-order valence-corrected chi connectivity index (χ3v) is 2.38. The molecule has 1 aromatic heterocycles. The molecule has 0 saturated heterocycles. The van der Waals surface area contributed by atoms with E-state index in [-0.39, 0.29) is 28.0 Å². The first-order valence-electron chi connectivity index (χ1n) is 3.18. The van der Waals surface area contributed by atoms with Crippen LogP contribution in [0.1, 0.15) is 9.67 Å². The molecule has 0 aromatic carbocycles. The Bertz CT molecular complexity index is 365. The van der Waals surface area contributed by atoms with E-state index in [1.807, 2.05) is 0 Å². The van der Waals surface area contributed by atoms with E-state index in [0.717, 1.165) is 6.07 Å². The van der Waals surface area contributed by atoms with Crippen molar-refractivity contribution in [1.29, 1.82) is 0 Å². The van der Waals surface area contributed by atoms with E-state index in [0.29, 0.717) is 11.3 Å². The Morgan fingerprint density at radius 1 is 1.71 bits per heavy atom. The molecule has 78 valence electrons. The summed E-state index contributed by atoms with van der Waals surface area (Å²) in [5.74, 6) is -0.657. The van der Waals surface area contributed by atoms with Gasteiger partial charge in [-0.15, -0.1) is 12.4 Å². The highest BCUT2D eigenvalue weighted by molar-refractivity contribution is 7.17. The molecule has 1 rings (SSSR count). The molecule has 0 radical (unpaired) electrons. The van der Waals surface area contributed by atoms with Crippen molar-refractivity contribution in [2.75, 3.05) is 12.8 Å². The molecule has 0 aliphatic carbocycles. The molecule has 0 amide bonds. The van der Waals surface area contributed by atoms with Crippen LogP contribution in [0.3, 0.4) is 0 Å². The van der Waals surface area contributed by atoms with Crippen molar-refractivity contribution < 1.29 is 14.5 Å². The average Bonchev–Trinajstić information content (AvgIpc) is 2.46. The Kier molecular flexibility index (Phi) is 4.32. The highest BCUT2D eigenvalue weighted by Gasteiger charge is 2.20. The molecule has 0 aliphatic rings. The zero-order chi connectivity index (χ0) is 10.0. The number of nitro groups is 1. The SMILES string of the molecule is COC(=O)c1sc([N+](=O)[O-])cc1N.Cl. The number of thiophene rings is 1. The fourth-order valence-corrected chi connectivity index (χ4v) is 1.55. The van der Waals surface area contributed by atoms with Crippen LogP contribution >= 0.6 is 23.7 Å². The number of methoxy groups -OCH3 is 1. The van der Waals surface area contributed by atoms with Gasteiger partial charge in [-0.25, -0.2) is 4.79 Å². The van der Waals surface area contributed by atoms with Gasteiger partial charge in [-0.05, 0) is 0 Å². The lowest BCUT2D eigenvalue weighted by atomic mass is 10.4. The van der Waals surface area contributed by atoms with Crippen molar-refractivity contribution in [3.63, 3.8) is 0 Å². The number of carbonyl (C=O) groups is 1. The van der Waals surface area contributed by atoms with Gasteiger partial charge in [-0.2, -0.15) is 0 Å². The van der Waals surface area contributed by atoms with Crippen molar-refractivity contribution in [3.05, 3.63) is 21.1 Å². The number of hydrogen-bond acceptors (Lipinski definition) is 6. The number of nitrogens with two attached hydrogens (primary N) is 1. The fourth-order valence-electron chi connectivity index (χ4n) is 0.734. The highest BCUT2D eigenvalue weighted by Crippen LogP contribution is 2.30. The van der Waals surface area contributed by atoms with Gasteiger partial charge in [0, 0.05) is 0 Å². The molecule has 0 atom stereocenters. The number of esters is 1. The third kappa shape index (κ3) is 2.33. The molecule has 14 heavy (non-hydrogen) atoms. The third-order valence-electron chi connectivity index (χ3n) is 1.30. The highest BCUT2D eigenvalue weighted by atomic mass is 35.5. The molecule has 0 fully saturated rings. The second-order valence-electron chi connectivity index (χ2n) is 2.12. The predicted octanol–water partition coefficient (Wildman–Crippen LogP) is 1.45. The predicted molar refractivity (Wildman–Crippen MR) is 54.0 cm³/mol. The zero-order valence-electron chi connectivity index (χ0n) is 7.05. The maximum absolute atomic E-state index is 11.0. The van der Waals surface area contributed by atoms with Crippen LogP contribution in [0.2, 0.25) is 0 Å². The van der Waals surface area contributed by atoms with E-state index >= 15 is 0 Å². The first-order valence-corrected chi connectivity index (χ1v) is 4.00. The number of ether oxygens (including phenoxy) is 1. The fraction of sp³-hybridized carbons (Fsp3) is 0.167. The normalized spacial score (nSPS) is 8.93. The molecule has 8 heteroatoms. The summed E-state index contributed by atoms with van der Waals surface area (Å²) in [7, 11) is 1.19. The minimum atomic E-state index is -0.657. The molecule has 0 saturated carbocycles. The lowest BCUT2D eigenvalue weighted by Gasteiger charge is -1.93. The van der Waals surface area contributed by atoms with E-state index in [1.165, 1.54) is 7.11 Å². The summed E-state index contributed by atoms with van der Waals surface area (Å²) in [5, 5.41) is 10.1. The number of anilines is 1. The van der Waals surface area contributed by atoms with Gasteiger partial charge in [-0.1, -0.05) is 11.3 Å². The minimum absolute atomic E-state index is 0. The first-order chi connectivity index (χ1) is 6.06. The van der Waals surface area contributed by atoms with Gasteiger partial charge in [0.25, 0.3) is 0 Å². The second kappa shape index (κ2) is 4.77. The van der Waals surface area contributed by atoms with E-state index in [2.05, 4.69) is 4.74 Å². The largest absolute Gasteiger partial charge is 0.465 e. The molecule has 1 heterocycles. The molecule has 6 nitrogen and oxygen atoms in total. The van der Waals surface area contributed by atoms with Crippen molar-refractivity contribution in [3.8, 4) is 0 Å². The van der Waals surface area contributed by atoms with Crippen LogP contribution in [-0.2, 0) is 4.74 Å². The summed E-state index contributed by atoms with van der Waals surface area (Å²) in [5.41, 5.74) is 5.43. The van der Waals surface area contributed by atoms with Crippen LogP contribution in [0.25, 0.3) is 0 Å². The Hall–Kier alpha value is -1.34. The number of nitrogens with zero attached hydrogens (tertiary/aromatic N) is 1. The topological polar surface area (TPSA) is 95.5 Å². The van der Waals surface area contributed by atoms with Gasteiger partial charge in [0.05, 0.1) is 23.8 Å². The molecule has 0 unspecified atom stereocenters. The van der Waals surface area contributed by atoms with Gasteiger partial charge in [-0.3, -0.25) is 10.1 Å². The van der Waals surface area contributed by atoms with Crippen LogP contribution in [0, 0.1) is 10.1 Å². The van der Waals surface area contributed by atoms with E-state index < -0.39 is 10.9 Å². The maximum atomic E-state index is 11.0. The Labute approximate surface area is 89.2 Å². The number of carbonyl (C=O) groups excluding carboxylic acids is 1. The standard InChI is InChI=1S/C6H6N2O4S.ClH/c1-12-6(9)5-3(7)2-4(13-5)8(10)11;/h2H,7H2,1H3;1H. The van der Waals surface area contributed by atoms with Crippen LogP contribution in [0.15, 0.2) is 6.07 Å². The number of nitrogen functional groups attached to an aromatic ring is 1. The van der Waals surface area contributed by atoms with Crippen molar-refractivity contribution in [2.24, 2.45) is 0 Å². The molecular formula is C6H7ClN2O4S. The van der Waals surface area contributed by atoms with Crippen molar-refractivity contribution in [2.45, 2.75) is 0 Å². The summed E-state index contributed by atoms with van der Waals surface area (Å²) in [6.07, 6.45) is 0. The maximum Gasteiger partial charge on any atom is 0.350 e. The van der Waals surface area contributed by atoms with Crippen molar-refractivity contribution >= 4 is 40.4 Å². The smallest absolute Gasteiger partial charge is 0.350 e. The quantitative estimate of drug-likeness (QED) is 0.478. The molecule has 0 aliphatic heterocycles. The van der Waals surface area contributed by atoms with Gasteiger partial charge in [0.1, 0.15) is 4.88 Å². The van der Waals surface area contributed by atoms with Crippen LogP contribution < -0.4 is 5.73 Å². The van der Waals surface area contributed by atoms with Crippen LogP contribution in [-0.4, -0.2) is 18.0 Å². The Morgan fingerprint density at radius 2 is 2.29 bits per heavy atom. The number of halogens is 1. The zero-order valence-corrected chi connectivity index (χ0v) is 8.68. The lowest BCUT2D eigenvalue weighted by molar-refractivity contribution is -0.380. The molecule has 1 aromatic rings. The second-order valence-corrected chi connectivity index (χ2v) is 3.15. The van der Waals surface area contributed by atoms with Crippen LogP contribution in [0.5, 0.6) is 0 Å². The number of rotatable bonds is 2. The molecule has 2 N–H and O–H groups in total. The lowest BCUT2D eigenvalue weighted by Crippen LogP contribution is -2.00. The number of hydrogen-bond donors (Lipinski definition) is 1. The van der Waals surface area contributed by atoms with Gasteiger partial charge in [0.2, 0.25) is 0 Å². The molecule has 0 bridgehead atoms.